The molecule has 10 heteroatoms. The van der Waals surface area contributed by atoms with E-state index in [-0.39, 0.29) is 35.4 Å². The number of furan rings is 1. The summed E-state index contributed by atoms with van der Waals surface area (Å²) in [6.45, 7) is 1.93. The highest BCUT2D eigenvalue weighted by Crippen LogP contribution is 2.39. The number of carbonyl (C=O) groups is 1. The van der Waals surface area contributed by atoms with E-state index < -0.39 is 17.6 Å². The van der Waals surface area contributed by atoms with Crippen molar-refractivity contribution in [2.45, 2.75) is 31.2 Å². The molecular formula is C20H20F3N3O4. The molecule has 0 bridgehead atoms. The Morgan fingerprint density at radius 2 is 2.07 bits per heavy atom. The molecule has 3 heterocycles. The summed E-state index contributed by atoms with van der Waals surface area (Å²) >= 11 is 0. The molecule has 2 aromatic rings. The third kappa shape index (κ3) is 4.08. The van der Waals surface area contributed by atoms with Gasteiger partial charge in [0.1, 0.15) is 5.58 Å². The van der Waals surface area contributed by atoms with Crippen LogP contribution in [0.4, 0.5) is 18.9 Å². The number of halogens is 3. The van der Waals surface area contributed by atoms with Crippen LogP contribution in [0.1, 0.15) is 29.0 Å². The van der Waals surface area contributed by atoms with Crippen molar-refractivity contribution < 1.29 is 31.9 Å². The molecule has 2 aliphatic rings. The fraction of sp³-hybridized carbons (Fsp3) is 0.500. The van der Waals surface area contributed by atoms with Crippen molar-refractivity contribution in [1.82, 2.24) is 5.32 Å². The number of alkyl halides is 3. The Hall–Kier alpha value is -2.77. The summed E-state index contributed by atoms with van der Waals surface area (Å²) in [6, 6.07) is 5.26. The number of nitrogens with zero attached hydrogens (tertiary/aromatic N) is 2. The lowest BCUT2D eigenvalue weighted by Gasteiger charge is -2.31. The van der Waals surface area contributed by atoms with E-state index in [2.05, 4.69) is 11.4 Å². The third-order valence-corrected chi connectivity index (χ3v) is 5.21. The molecule has 1 aromatic carbocycles. The van der Waals surface area contributed by atoms with E-state index in [4.69, 9.17) is 19.2 Å². The number of anilines is 1. The molecule has 2 unspecified atom stereocenters. The zero-order valence-electron chi connectivity index (χ0n) is 16.0. The van der Waals surface area contributed by atoms with Crippen molar-refractivity contribution >= 4 is 22.6 Å². The Morgan fingerprint density at radius 3 is 2.83 bits per heavy atom. The Kier molecular flexibility index (Phi) is 5.58. The maximum absolute atomic E-state index is 13.2. The number of amides is 1. The second-order valence-electron chi connectivity index (χ2n) is 7.30. The first-order chi connectivity index (χ1) is 14.4. The second-order valence-corrected chi connectivity index (χ2v) is 7.30. The maximum Gasteiger partial charge on any atom is 0.416 e. The van der Waals surface area contributed by atoms with Crippen LogP contribution in [0.5, 0.6) is 0 Å². The number of ether oxygens (including phenoxy) is 2. The minimum absolute atomic E-state index is 0.00462. The first kappa shape index (κ1) is 20.5. The van der Waals surface area contributed by atoms with Gasteiger partial charge in [-0.3, -0.25) is 4.79 Å². The quantitative estimate of drug-likeness (QED) is 0.813. The van der Waals surface area contributed by atoms with E-state index in [1.54, 1.807) is 0 Å². The van der Waals surface area contributed by atoms with Crippen LogP contribution in [-0.2, 0) is 15.7 Å². The fourth-order valence-corrected chi connectivity index (χ4v) is 3.79. The summed E-state index contributed by atoms with van der Waals surface area (Å²) in [5.74, 6) is -0.450. The normalized spacial score (nSPS) is 22.3. The van der Waals surface area contributed by atoms with Crippen LogP contribution in [0.2, 0.25) is 0 Å². The molecular weight excluding hydrogens is 403 g/mol. The largest absolute Gasteiger partial charge is 0.449 e. The molecule has 2 aliphatic heterocycles. The lowest BCUT2D eigenvalue weighted by molar-refractivity contribution is -0.137. The van der Waals surface area contributed by atoms with Gasteiger partial charge in [-0.25, -0.2) is 0 Å². The van der Waals surface area contributed by atoms with Gasteiger partial charge in [-0.05, 0) is 24.6 Å². The van der Waals surface area contributed by atoms with E-state index in [9.17, 15) is 18.0 Å². The van der Waals surface area contributed by atoms with Gasteiger partial charge in [0.15, 0.2) is 0 Å². The van der Waals surface area contributed by atoms with Crippen LogP contribution in [0.25, 0.3) is 11.0 Å². The number of fused-ring (bicyclic) bond motifs is 3. The van der Waals surface area contributed by atoms with E-state index in [1.807, 2.05) is 4.90 Å². The van der Waals surface area contributed by atoms with E-state index in [0.717, 1.165) is 12.1 Å². The van der Waals surface area contributed by atoms with Crippen molar-refractivity contribution in [3.63, 3.8) is 0 Å². The SMILES string of the molecule is N#CCC1COCC(CCN2CCNC(=O)c3oc4ccc(C(F)(F)F)cc4c32)O1. The predicted molar refractivity (Wildman–Crippen MR) is 100 cm³/mol. The molecule has 1 amide bonds. The lowest BCUT2D eigenvalue weighted by Crippen LogP contribution is -2.39. The van der Waals surface area contributed by atoms with Crippen LogP contribution < -0.4 is 10.2 Å². The average Bonchev–Trinajstić information content (AvgIpc) is 3.01. The van der Waals surface area contributed by atoms with Gasteiger partial charge in [0.25, 0.3) is 5.91 Å². The minimum Gasteiger partial charge on any atom is -0.449 e. The first-order valence-corrected chi connectivity index (χ1v) is 9.64. The highest BCUT2D eigenvalue weighted by atomic mass is 19.4. The molecule has 0 aliphatic carbocycles. The molecule has 0 spiro atoms. The van der Waals surface area contributed by atoms with Crippen molar-refractivity contribution in [1.29, 1.82) is 5.26 Å². The van der Waals surface area contributed by atoms with Crippen molar-refractivity contribution in [3.8, 4) is 6.07 Å². The van der Waals surface area contributed by atoms with Crippen LogP contribution in [0, 0.1) is 11.3 Å². The number of hydrogen-bond donors (Lipinski definition) is 1. The summed E-state index contributed by atoms with van der Waals surface area (Å²) in [5.41, 5.74) is -0.218. The van der Waals surface area contributed by atoms with Gasteiger partial charge in [0.05, 0.1) is 49.2 Å². The topological polar surface area (TPSA) is 87.7 Å². The number of carbonyl (C=O) groups excluding carboxylic acids is 1. The predicted octanol–water partition coefficient (Wildman–Crippen LogP) is 3.09. The number of benzene rings is 1. The minimum atomic E-state index is -4.50. The lowest BCUT2D eigenvalue weighted by atomic mass is 10.1. The average molecular weight is 423 g/mol. The molecule has 1 saturated heterocycles. The summed E-state index contributed by atoms with van der Waals surface area (Å²) in [7, 11) is 0. The van der Waals surface area contributed by atoms with Gasteiger partial charge in [0.2, 0.25) is 5.76 Å². The Labute approximate surface area is 170 Å². The molecule has 1 fully saturated rings. The van der Waals surface area contributed by atoms with Crippen LogP contribution in [-0.4, -0.2) is 51.0 Å². The molecule has 0 saturated carbocycles. The van der Waals surface area contributed by atoms with E-state index in [1.165, 1.54) is 6.07 Å². The number of rotatable bonds is 4. The molecule has 30 heavy (non-hydrogen) atoms. The Morgan fingerprint density at radius 1 is 1.27 bits per heavy atom. The van der Waals surface area contributed by atoms with Crippen LogP contribution in [0.3, 0.4) is 0 Å². The van der Waals surface area contributed by atoms with Gasteiger partial charge in [-0.1, -0.05) is 0 Å². The molecule has 7 nitrogen and oxygen atoms in total. The number of nitriles is 1. The summed E-state index contributed by atoms with van der Waals surface area (Å²) in [6.07, 6.45) is -4.27. The Balaban J connectivity index is 1.61. The summed E-state index contributed by atoms with van der Waals surface area (Å²) < 4.78 is 56.6. The zero-order valence-corrected chi connectivity index (χ0v) is 16.0. The maximum atomic E-state index is 13.2. The molecule has 1 N–H and O–H groups in total. The monoisotopic (exact) mass is 423 g/mol. The van der Waals surface area contributed by atoms with Crippen LogP contribution in [0.15, 0.2) is 22.6 Å². The van der Waals surface area contributed by atoms with E-state index in [0.29, 0.717) is 45.0 Å². The summed E-state index contributed by atoms with van der Waals surface area (Å²) in [5, 5.41) is 11.8. The van der Waals surface area contributed by atoms with Gasteiger partial charge in [-0.2, -0.15) is 18.4 Å². The molecule has 1 aromatic heterocycles. The molecule has 4 rings (SSSR count). The highest BCUT2D eigenvalue weighted by molar-refractivity contribution is 6.07. The van der Waals surface area contributed by atoms with Gasteiger partial charge >= 0.3 is 6.18 Å². The van der Waals surface area contributed by atoms with Gasteiger partial charge in [-0.15, -0.1) is 0 Å². The van der Waals surface area contributed by atoms with Crippen LogP contribution >= 0.6 is 0 Å². The third-order valence-electron chi connectivity index (χ3n) is 5.21. The van der Waals surface area contributed by atoms with E-state index >= 15 is 0 Å². The molecule has 2 atom stereocenters. The van der Waals surface area contributed by atoms with Gasteiger partial charge in [0, 0.05) is 25.0 Å². The smallest absolute Gasteiger partial charge is 0.416 e. The summed E-state index contributed by atoms with van der Waals surface area (Å²) in [4.78, 5) is 14.2. The van der Waals surface area contributed by atoms with Gasteiger partial charge < -0.3 is 24.1 Å². The highest BCUT2D eigenvalue weighted by Gasteiger charge is 2.34. The number of nitrogens with one attached hydrogen (secondary N) is 1. The van der Waals surface area contributed by atoms with Crippen molar-refractivity contribution in [3.05, 3.63) is 29.5 Å². The Bertz CT molecular complexity index is 982. The van der Waals surface area contributed by atoms with Crippen molar-refractivity contribution in [2.75, 3.05) is 37.7 Å². The first-order valence-electron chi connectivity index (χ1n) is 9.64. The fourth-order valence-electron chi connectivity index (χ4n) is 3.79. The molecule has 0 radical (unpaired) electrons. The molecule has 160 valence electrons. The zero-order chi connectivity index (χ0) is 21.3. The standard InChI is InChI=1S/C20H20F3N3O4/c21-20(22,23)12-1-2-16-15(9-12)17-18(30-16)19(27)25-6-8-26(17)7-4-14-11-28-10-13(29-14)3-5-24/h1-2,9,13-14H,3-4,6-8,10-11H2,(H,25,27). The second kappa shape index (κ2) is 8.16. The number of hydrogen-bond acceptors (Lipinski definition) is 6. The van der Waals surface area contributed by atoms with Crippen molar-refractivity contribution in [2.24, 2.45) is 0 Å².